The highest BCUT2D eigenvalue weighted by Gasteiger charge is 2.23. The first kappa shape index (κ1) is 18.0. The maximum absolute atomic E-state index is 12.7. The largest absolute Gasteiger partial charge is 0.353 e. The van der Waals surface area contributed by atoms with Crippen LogP contribution in [0.25, 0.3) is 0 Å². The highest BCUT2D eigenvalue weighted by atomic mass is 16.2. The van der Waals surface area contributed by atoms with E-state index in [1.54, 1.807) is 4.68 Å². The van der Waals surface area contributed by atoms with Crippen molar-refractivity contribution in [3.8, 4) is 0 Å². The van der Waals surface area contributed by atoms with E-state index in [0.717, 1.165) is 50.8 Å². The van der Waals surface area contributed by atoms with Crippen LogP contribution in [0.15, 0.2) is 30.6 Å². The molecule has 0 bridgehead atoms. The van der Waals surface area contributed by atoms with Gasteiger partial charge in [-0.1, -0.05) is 6.07 Å². The van der Waals surface area contributed by atoms with Crippen LogP contribution in [0.3, 0.4) is 0 Å². The summed E-state index contributed by atoms with van der Waals surface area (Å²) in [6.45, 7) is 7.59. The lowest BCUT2D eigenvalue weighted by atomic mass is 9.97. The predicted molar refractivity (Wildman–Crippen MR) is 105 cm³/mol. The van der Waals surface area contributed by atoms with Crippen molar-refractivity contribution in [1.82, 2.24) is 25.0 Å². The first-order valence-corrected chi connectivity index (χ1v) is 9.89. The molecule has 1 atom stereocenters. The van der Waals surface area contributed by atoms with Gasteiger partial charge in [-0.15, -0.1) is 0 Å². The molecule has 0 unspecified atom stereocenters. The molecule has 2 aromatic rings. The van der Waals surface area contributed by atoms with Crippen molar-refractivity contribution in [3.63, 3.8) is 0 Å². The number of rotatable bonds is 4. The number of aromatic nitrogens is 3. The van der Waals surface area contributed by atoms with E-state index in [9.17, 15) is 4.79 Å². The quantitative estimate of drug-likeness (QED) is 0.884. The average molecular weight is 368 g/mol. The maximum Gasteiger partial charge on any atom is 0.244 e. The zero-order valence-corrected chi connectivity index (χ0v) is 16.0. The summed E-state index contributed by atoms with van der Waals surface area (Å²) in [5, 5.41) is 8.07. The van der Waals surface area contributed by atoms with Crippen molar-refractivity contribution in [2.45, 2.75) is 32.2 Å². The van der Waals surface area contributed by atoms with Crippen molar-refractivity contribution in [2.75, 3.05) is 44.2 Å². The fourth-order valence-electron chi connectivity index (χ4n) is 4.00. The summed E-state index contributed by atoms with van der Waals surface area (Å²) in [4.78, 5) is 21.4. The van der Waals surface area contributed by atoms with Crippen LogP contribution >= 0.6 is 0 Å². The summed E-state index contributed by atoms with van der Waals surface area (Å²) >= 11 is 0. The van der Waals surface area contributed by atoms with Crippen LogP contribution in [0.1, 0.15) is 30.0 Å². The van der Waals surface area contributed by atoms with Crippen LogP contribution in [0, 0.1) is 6.92 Å². The number of nitrogens with zero attached hydrogens (tertiary/aromatic N) is 5. The molecule has 4 rings (SSSR count). The molecular weight excluding hydrogens is 340 g/mol. The SMILES string of the molecule is Cc1cccnc1N1CCN(C(=O)Cn2ccc([C@@H]3CCCNC3)n2)CC1. The van der Waals surface area contributed by atoms with Crippen molar-refractivity contribution >= 4 is 11.7 Å². The summed E-state index contributed by atoms with van der Waals surface area (Å²) in [5.41, 5.74) is 2.28. The van der Waals surface area contributed by atoms with E-state index in [1.165, 1.54) is 18.4 Å². The number of anilines is 1. The summed E-state index contributed by atoms with van der Waals surface area (Å²) in [6.07, 6.45) is 6.13. The van der Waals surface area contributed by atoms with Crippen molar-refractivity contribution < 1.29 is 4.79 Å². The minimum atomic E-state index is 0.142. The van der Waals surface area contributed by atoms with Crippen LogP contribution < -0.4 is 10.2 Å². The number of carbonyl (C=O) groups excluding carboxylic acids is 1. The third-order valence-electron chi connectivity index (χ3n) is 5.59. The number of carbonyl (C=O) groups is 1. The normalized spacial score (nSPS) is 20.7. The number of hydrogen-bond donors (Lipinski definition) is 1. The Bertz CT molecular complexity index is 774. The molecule has 7 nitrogen and oxygen atoms in total. The molecule has 0 aliphatic carbocycles. The molecule has 2 aliphatic rings. The molecule has 0 aromatic carbocycles. The van der Waals surface area contributed by atoms with Gasteiger partial charge in [0.05, 0.1) is 5.69 Å². The lowest BCUT2D eigenvalue weighted by molar-refractivity contribution is -0.132. The van der Waals surface area contributed by atoms with Crippen molar-refractivity contribution in [2.24, 2.45) is 0 Å². The van der Waals surface area contributed by atoms with E-state index in [0.29, 0.717) is 12.5 Å². The van der Waals surface area contributed by atoms with Gasteiger partial charge in [-0.2, -0.15) is 5.10 Å². The Hall–Kier alpha value is -2.41. The molecule has 1 N–H and O–H groups in total. The third kappa shape index (κ3) is 4.13. The van der Waals surface area contributed by atoms with Crippen LogP contribution in [-0.4, -0.2) is 64.8 Å². The molecule has 2 aliphatic heterocycles. The number of nitrogens with one attached hydrogen (secondary N) is 1. The topological polar surface area (TPSA) is 66.3 Å². The van der Waals surface area contributed by atoms with Crippen LogP contribution in [0.4, 0.5) is 5.82 Å². The van der Waals surface area contributed by atoms with Gasteiger partial charge in [-0.05, 0) is 44.0 Å². The standard InChI is InChI=1S/C20H28N6O/c1-16-4-2-8-22-20(16)25-12-10-24(11-13-25)19(27)15-26-9-6-18(23-26)17-5-3-7-21-14-17/h2,4,6,8-9,17,21H,3,5,7,10-15H2,1H3/t17-/m1/s1. The fraction of sp³-hybridized carbons (Fsp3) is 0.550. The number of amides is 1. The zero-order chi connectivity index (χ0) is 18.6. The van der Waals surface area contributed by atoms with Gasteiger partial charge in [0.2, 0.25) is 5.91 Å². The van der Waals surface area contributed by atoms with Gasteiger partial charge in [0, 0.05) is 51.0 Å². The van der Waals surface area contributed by atoms with Crippen LogP contribution in [-0.2, 0) is 11.3 Å². The highest BCUT2D eigenvalue weighted by Crippen LogP contribution is 2.21. The van der Waals surface area contributed by atoms with Crippen molar-refractivity contribution in [3.05, 3.63) is 41.9 Å². The Morgan fingerprint density at radius 3 is 2.85 bits per heavy atom. The van der Waals surface area contributed by atoms with Gasteiger partial charge >= 0.3 is 0 Å². The van der Waals surface area contributed by atoms with Gasteiger partial charge in [-0.25, -0.2) is 4.98 Å². The zero-order valence-electron chi connectivity index (χ0n) is 16.0. The molecule has 0 radical (unpaired) electrons. The van der Waals surface area contributed by atoms with Gasteiger partial charge in [0.1, 0.15) is 12.4 Å². The number of piperidine rings is 1. The number of pyridine rings is 1. The van der Waals surface area contributed by atoms with E-state index < -0.39 is 0 Å². The summed E-state index contributed by atoms with van der Waals surface area (Å²) in [5.74, 6) is 1.64. The molecule has 2 saturated heterocycles. The second-order valence-corrected chi connectivity index (χ2v) is 7.49. The van der Waals surface area contributed by atoms with Crippen molar-refractivity contribution in [1.29, 1.82) is 0 Å². The van der Waals surface area contributed by atoms with Crippen LogP contribution in [0.5, 0.6) is 0 Å². The monoisotopic (exact) mass is 368 g/mol. The minimum absolute atomic E-state index is 0.142. The van der Waals surface area contributed by atoms with E-state index in [1.807, 2.05) is 23.4 Å². The van der Waals surface area contributed by atoms with Gasteiger partial charge in [0.15, 0.2) is 0 Å². The second kappa shape index (κ2) is 8.08. The molecule has 0 saturated carbocycles. The molecule has 27 heavy (non-hydrogen) atoms. The molecular formula is C20H28N6O. The smallest absolute Gasteiger partial charge is 0.244 e. The molecule has 2 aromatic heterocycles. The van der Waals surface area contributed by atoms with Gasteiger partial charge in [-0.3, -0.25) is 9.48 Å². The number of piperazine rings is 1. The maximum atomic E-state index is 12.7. The first-order valence-electron chi connectivity index (χ1n) is 9.89. The number of aryl methyl sites for hydroxylation is 1. The summed E-state index contributed by atoms with van der Waals surface area (Å²) in [7, 11) is 0. The van der Waals surface area contributed by atoms with Gasteiger partial charge < -0.3 is 15.1 Å². The van der Waals surface area contributed by atoms with Crippen LogP contribution in [0.2, 0.25) is 0 Å². The molecule has 0 spiro atoms. The number of hydrogen-bond acceptors (Lipinski definition) is 5. The lowest BCUT2D eigenvalue weighted by Crippen LogP contribution is -2.50. The molecule has 1 amide bonds. The third-order valence-corrected chi connectivity index (χ3v) is 5.59. The first-order chi connectivity index (χ1) is 13.2. The molecule has 2 fully saturated rings. The Kier molecular flexibility index (Phi) is 5.38. The Morgan fingerprint density at radius 2 is 2.11 bits per heavy atom. The fourth-order valence-corrected chi connectivity index (χ4v) is 4.00. The lowest BCUT2D eigenvalue weighted by Gasteiger charge is -2.36. The second-order valence-electron chi connectivity index (χ2n) is 7.49. The van der Waals surface area contributed by atoms with E-state index in [2.05, 4.69) is 39.4 Å². The molecule has 4 heterocycles. The van der Waals surface area contributed by atoms with Gasteiger partial charge in [0.25, 0.3) is 0 Å². The van der Waals surface area contributed by atoms with E-state index in [-0.39, 0.29) is 5.91 Å². The Labute approximate surface area is 160 Å². The predicted octanol–water partition coefficient (Wildman–Crippen LogP) is 1.40. The Morgan fingerprint density at radius 1 is 1.26 bits per heavy atom. The summed E-state index contributed by atoms with van der Waals surface area (Å²) < 4.78 is 1.79. The van der Waals surface area contributed by atoms with E-state index >= 15 is 0 Å². The molecule has 7 heteroatoms. The Balaban J connectivity index is 1.31. The molecule has 144 valence electrons. The highest BCUT2D eigenvalue weighted by molar-refractivity contribution is 5.76. The minimum Gasteiger partial charge on any atom is -0.353 e. The average Bonchev–Trinajstić information content (AvgIpc) is 3.18. The summed E-state index contributed by atoms with van der Waals surface area (Å²) in [6, 6.07) is 6.10. The van der Waals surface area contributed by atoms with E-state index in [4.69, 9.17) is 0 Å².